The number of piperidine rings is 1. The van der Waals surface area contributed by atoms with E-state index in [2.05, 4.69) is 96.5 Å². The zero-order valence-corrected chi connectivity index (χ0v) is 26.1. The second-order valence-electron chi connectivity index (χ2n) is 12.9. The molecule has 0 radical (unpaired) electrons. The van der Waals surface area contributed by atoms with Crippen molar-refractivity contribution >= 4 is 22.4 Å². The first-order valence-corrected chi connectivity index (χ1v) is 16.7. The number of carbonyl (C=O) groups excluding carboxylic acids is 1. The number of nitrogens with one attached hydrogen (secondary N) is 1. The maximum Gasteiger partial charge on any atom is 0.230 e. The summed E-state index contributed by atoms with van der Waals surface area (Å²) in [5.41, 5.74) is 7.16. The van der Waals surface area contributed by atoms with E-state index in [9.17, 15) is 4.79 Å². The van der Waals surface area contributed by atoms with E-state index in [-0.39, 0.29) is 11.8 Å². The van der Waals surface area contributed by atoms with Crippen molar-refractivity contribution in [1.29, 1.82) is 0 Å². The van der Waals surface area contributed by atoms with Gasteiger partial charge in [-0.15, -0.1) is 0 Å². The van der Waals surface area contributed by atoms with Gasteiger partial charge in [-0.2, -0.15) is 0 Å². The third kappa shape index (κ3) is 5.46. The molecule has 7 rings (SSSR count). The van der Waals surface area contributed by atoms with Crippen molar-refractivity contribution < 1.29 is 4.79 Å². The van der Waals surface area contributed by atoms with Crippen LogP contribution in [0.2, 0.25) is 0 Å². The number of aromatic nitrogens is 1. The van der Waals surface area contributed by atoms with Crippen LogP contribution in [0, 0.1) is 5.92 Å². The van der Waals surface area contributed by atoms with Crippen LogP contribution in [0.3, 0.4) is 0 Å². The summed E-state index contributed by atoms with van der Waals surface area (Å²) in [5, 5.41) is 1.34. The van der Waals surface area contributed by atoms with Gasteiger partial charge in [0.2, 0.25) is 5.91 Å². The third-order valence-electron chi connectivity index (χ3n) is 10.6. The smallest absolute Gasteiger partial charge is 0.230 e. The monoisotopic (exact) mass is 566 g/mol. The highest BCUT2D eigenvalue weighted by molar-refractivity contribution is 5.99. The van der Waals surface area contributed by atoms with Crippen LogP contribution in [0.4, 0.5) is 0 Å². The van der Waals surface area contributed by atoms with Gasteiger partial charge in [-0.1, -0.05) is 74.2 Å². The molecule has 1 amide bonds. The summed E-state index contributed by atoms with van der Waals surface area (Å²) in [6.45, 7) is 9.09. The molecule has 2 aliphatic heterocycles. The van der Waals surface area contributed by atoms with E-state index in [0.717, 1.165) is 26.1 Å². The molecular weight excluding hydrogens is 516 g/mol. The van der Waals surface area contributed by atoms with Gasteiger partial charge in [0.05, 0.1) is 5.92 Å². The van der Waals surface area contributed by atoms with Crippen molar-refractivity contribution in [3.05, 3.63) is 77.5 Å². The number of fused-ring (bicyclic) bond motifs is 2. The van der Waals surface area contributed by atoms with E-state index in [1.165, 1.54) is 92.1 Å². The number of hydrogen-bond donors (Lipinski definition) is 1. The second kappa shape index (κ2) is 12.8. The lowest BCUT2D eigenvalue weighted by Crippen LogP contribution is -2.49. The van der Waals surface area contributed by atoms with Crippen molar-refractivity contribution in [2.45, 2.75) is 83.2 Å². The number of carbonyl (C=O) groups is 1. The Balaban J connectivity index is 0.000000157. The molecule has 2 aromatic carbocycles. The Morgan fingerprint density at radius 1 is 0.929 bits per heavy atom. The molecule has 4 aliphatic rings. The van der Waals surface area contributed by atoms with Crippen molar-refractivity contribution in [1.82, 2.24) is 19.7 Å². The molecule has 2 aliphatic carbocycles. The summed E-state index contributed by atoms with van der Waals surface area (Å²) in [7, 11) is 2.15. The normalized spacial score (nSPS) is 23.8. The molecule has 0 bridgehead atoms. The number of H-pyrrole nitrogens is 1. The van der Waals surface area contributed by atoms with Gasteiger partial charge in [0.15, 0.2) is 0 Å². The molecule has 1 N–H and O–H groups in total. The first-order chi connectivity index (χ1) is 20.6. The largest absolute Gasteiger partial charge is 0.361 e. The van der Waals surface area contributed by atoms with Gasteiger partial charge in [0.25, 0.3) is 0 Å². The molecule has 1 saturated heterocycles. The molecule has 1 aromatic heterocycles. The SMILES string of the molecule is CCN(CC)C(=O)[C@@H]1C=C2c3cccc4[nH]cc(c34)C[C@H]2N(C)C1.c1ccc(C2(N3CCCCC3)CCCCC2)cc1. The van der Waals surface area contributed by atoms with E-state index >= 15 is 0 Å². The highest BCUT2D eigenvalue weighted by atomic mass is 16.2. The molecule has 1 saturated carbocycles. The lowest BCUT2D eigenvalue weighted by molar-refractivity contribution is -0.134. The summed E-state index contributed by atoms with van der Waals surface area (Å²) in [6, 6.07) is 18.1. The Bertz CT molecular complexity index is 1380. The summed E-state index contributed by atoms with van der Waals surface area (Å²) >= 11 is 0. The summed E-state index contributed by atoms with van der Waals surface area (Å²) in [4.78, 5) is 23.4. The quantitative estimate of drug-likeness (QED) is 0.354. The zero-order valence-electron chi connectivity index (χ0n) is 26.1. The van der Waals surface area contributed by atoms with Gasteiger partial charge in [-0.3, -0.25) is 14.6 Å². The highest BCUT2D eigenvalue weighted by Crippen LogP contribution is 2.44. The fourth-order valence-electron chi connectivity index (χ4n) is 8.37. The summed E-state index contributed by atoms with van der Waals surface area (Å²) < 4.78 is 0. The lowest BCUT2D eigenvalue weighted by Gasteiger charge is -2.48. The van der Waals surface area contributed by atoms with E-state index in [1.54, 1.807) is 5.56 Å². The van der Waals surface area contributed by atoms with Crippen LogP contribution in [0.25, 0.3) is 16.5 Å². The number of amides is 1. The van der Waals surface area contributed by atoms with Crippen LogP contribution >= 0.6 is 0 Å². The Kier molecular flexibility index (Phi) is 8.88. The molecule has 5 heteroatoms. The first kappa shape index (κ1) is 29.2. The number of likely N-dealkylation sites (tertiary alicyclic amines) is 1. The Morgan fingerprint density at radius 2 is 1.64 bits per heavy atom. The number of nitrogens with zero attached hydrogens (tertiary/aromatic N) is 3. The molecule has 2 atom stereocenters. The van der Waals surface area contributed by atoms with Gasteiger partial charge in [-0.05, 0) is 94.4 Å². The van der Waals surface area contributed by atoms with Crippen LogP contribution in [0.1, 0.15) is 81.9 Å². The lowest BCUT2D eigenvalue weighted by atomic mass is 9.74. The second-order valence-corrected chi connectivity index (χ2v) is 12.9. The molecule has 0 unspecified atom stereocenters. The van der Waals surface area contributed by atoms with Crippen molar-refractivity contribution in [3.63, 3.8) is 0 Å². The van der Waals surface area contributed by atoms with Crippen LogP contribution in [0.15, 0.2) is 60.8 Å². The Hall–Kier alpha value is -2.89. The molecule has 5 nitrogen and oxygen atoms in total. The minimum Gasteiger partial charge on any atom is -0.361 e. The fourth-order valence-corrected chi connectivity index (χ4v) is 8.37. The van der Waals surface area contributed by atoms with Crippen LogP contribution in [-0.2, 0) is 16.8 Å². The number of likely N-dealkylation sites (N-methyl/N-ethyl adjacent to an activating group) is 1. The maximum absolute atomic E-state index is 12.9. The van der Waals surface area contributed by atoms with Crippen molar-refractivity contribution in [3.8, 4) is 0 Å². The van der Waals surface area contributed by atoms with Crippen LogP contribution in [0.5, 0.6) is 0 Å². The number of hydrogen-bond acceptors (Lipinski definition) is 3. The molecule has 42 heavy (non-hydrogen) atoms. The van der Waals surface area contributed by atoms with Crippen molar-refractivity contribution in [2.75, 3.05) is 39.8 Å². The average Bonchev–Trinajstić information content (AvgIpc) is 3.47. The molecule has 3 aromatic rings. The molecule has 224 valence electrons. The van der Waals surface area contributed by atoms with Gasteiger partial charge in [0, 0.05) is 48.3 Å². The maximum atomic E-state index is 12.9. The topological polar surface area (TPSA) is 42.6 Å². The third-order valence-corrected chi connectivity index (χ3v) is 10.6. The predicted octanol–water partition coefficient (Wildman–Crippen LogP) is 7.24. The van der Waals surface area contributed by atoms with E-state index in [0.29, 0.717) is 11.6 Å². The van der Waals surface area contributed by atoms with E-state index in [1.807, 2.05) is 4.90 Å². The Morgan fingerprint density at radius 3 is 2.36 bits per heavy atom. The minimum absolute atomic E-state index is 0.0445. The van der Waals surface area contributed by atoms with Gasteiger partial charge in [-0.25, -0.2) is 0 Å². The summed E-state index contributed by atoms with van der Waals surface area (Å²) in [5.74, 6) is 0.210. The molecule has 0 spiro atoms. The van der Waals surface area contributed by atoms with E-state index < -0.39 is 0 Å². The van der Waals surface area contributed by atoms with Crippen molar-refractivity contribution in [2.24, 2.45) is 5.92 Å². The van der Waals surface area contributed by atoms with Gasteiger partial charge < -0.3 is 9.88 Å². The van der Waals surface area contributed by atoms with E-state index in [4.69, 9.17) is 0 Å². The van der Waals surface area contributed by atoms with Gasteiger partial charge >= 0.3 is 0 Å². The first-order valence-electron chi connectivity index (χ1n) is 16.7. The average molecular weight is 567 g/mol. The summed E-state index contributed by atoms with van der Waals surface area (Å²) in [6.07, 6.45) is 16.6. The molecular formula is C37H50N4O. The fraction of sp³-hybridized carbons (Fsp3) is 0.541. The molecule has 2 fully saturated rings. The highest BCUT2D eigenvalue weighted by Gasteiger charge is 2.40. The van der Waals surface area contributed by atoms with Crippen LogP contribution < -0.4 is 0 Å². The Labute approximate surface area is 253 Å². The number of benzene rings is 2. The zero-order chi connectivity index (χ0) is 29.1. The molecule has 3 heterocycles. The number of rotatable bonds is 5. The van der Waals surface area contributed by atoms with Gasteiger partial charge in [0.1, 0.15) is 0 Å². The standard InChI is InChI=1S/C20H25N3O.C17H25N/c1-4-23(5-2)20(24)14-9-16-15-7-6-8-17-19(15)13(11-21-17)10-18(16)22(3)12-14;1-4-10-16(11-5-1)17(12-6-2-7-13-17)18-14-8-3-9-15-18/h6-9,11,14,18,21H,4-5,10,12H2,1-3H3;1,4-5,10-11H,2-3,6-9,12-15H2/t14-,18-;/m1./s1. The predicted molar refractivity (Wildman–Crippen MR) is 174 cm³/mol. The van der Waals surface area contributed by atoms with Crippen LogP contribution in [-0.4, -0.2) is 71.4 Å². The number of aromatic amines is 1. The minimum atomic E-state index is -0.0445.